The van der Waals surface area contributed by atoms with Crippen molar-refractivity contribution in [1.29, 1.82) is 0 Å². The van der Waals surface area contributed by atoms with Gasteiger partial charge in [0, 0.05) is 23.2 Å². The monoisotopic (exact) mass is 278 g/mol. The first-order valence-electron chi connectivity index (χ1n) is 6.75. The molecule has 5 heteroatoms. The zero-order chi connectivity index (χ0) is 14.4. The zero-order valence-corrected chi connectivity index (χ0v) is 11.5. The first-order valence-corrected chi connectivity index (χ1v) is 6.75. The number of rotatable bonds is 0. The lowest BCUT2D eigenvalue weighted by atomic mass is 10.1. The second-order valence-corrected chi connectivity index (χ2v) is 5.06. The Labute approximate surface area is 119 Å². The van der Waals surface area contributed by atoms with Crippen molar-refractivity contribution in [2.24, 2.45) is 7.05 Å². The van der Waals surface area contributed by atoms with Crippen LogP contribution in [0.2, 0.25) is 0 Å². The lowest BCUT2D eigenvalue weighted by Gasteiger charge is -1.99. The summed E-state index contributed by atoms with van der Waals surface area (Å²) in [6.07, 6.45) is 0. The summed E-state index contributed by atoms with van der Waals surface area (Å²) in [6.45, 7) is 0. The summed E-state index contributed by atoms with van der Waals surface area (Å²) in [4.78, 5) is 15.5. The van der Waals surface area contributed by atoms with Gasteiger partial charge in [-0.05, 0) is 12.1 Å². The van der Waals surface area contributed by atoms with Crippen molar-refractivity contribution in [2.75, 3.05) is 0 Å². The van der Waals surface area contributed by atoms with Gasteiger partial charge >= 0.3 is 0 Å². The minimum atomic E-state index is -0.0963. The van der Waals surface area contributed by atoms with E-state index >= 15 is 0 Å². The van der Waals surface area contributed by atoms with Crippen LogP contribution < -0.4 is 5.56 Å². The quantitative estimate of drug-likeness (QED) is 0.454. The summed E-state index contributed by atoms with van der Waals surface area (Å²) in [5.74, 6) is 0. The number of nitrogens with zero attached hydrogens (tertiary/aromatic N) is 1. The first kappa shape index (κ1) is 11.8. The van der Waals surface area contributed by atoms with Crippen molar-refractivity contribution >= 4 is 21.7 Å². The van der Waals surface area contributed by atoms with Gasteiger partial charge in [0.2, 0.25) is 0 Å². The Balaban J connectivity index is 2.56. The summed E-state index contributed by atoms with van der Waals surface area (Å²) in [5, 5.41) is 10.7. The van der Waals surface area contributed by atoms with Gasteiger partial charge in [0.1, 0.15) is 0 Å². The SMILES string of the molecule is Cn1[nH][nH]c2c3ccccc3c(=O)[nH]c3ccccc3c1=2. The van der Waals surface area contributed by atoms with E-state index in [-0.39, 0.29) is 5.56 Å². The topological polar surface area (TPSA) is 69.4 Å². The number of aromatic nitrogens is 4. The molecule has 2 aromatic rings. The number of para-hydroxylation sites is 1. The number of benzene rings is 2. The van der Waals surface area contributed by atoms with Gasteiger partial charge in [-0.25, -0.2) is 5.21 Å². The summed E-state index contributed by atoms with van der Waals surface area (Å²) >= 11 is 0. The Morgan fingerprint density at radius 1 is 0.905 bits per heavy atom. The minimum Gasteiger partial charge on any atom is -0.321 e. The third-order valence-electron chi connectivity index (χ3n) is 3.79. The normalized spacial score (nSPS) is 11.3. The molecule has 0 amide bonds. The van der Waals surface area contributed by atoms with Crippen LogP contribution in [-0.4, -0.2) is 20.0 Å². The summed E-state index contributed by atoms with van der Waals surface area (Å²) in [5.41, 5.74) is 0.711. The Morgan fingerprint density at radius 3 is 2.38 bits per heavy atom. The smallest absolute Gasteiger partial charge is 0.256 e. The van der Waals surface area contributed by atoms with Gasteiger partial charge in [-0.1, -0.05) is 36.4 Å². The molecule has 0 unspecified atom stereocenters. The van der Waals surface area contributed by atoms with Crippen LogP contribution in [0.3, 0.4) is 0 Å². The second kappa shape index (κ2) is 4.28. The maximum absolute atomic E-state index is 12.5. The molecule has 0 fully saturated rings. The van der Waals surface area contributed by atoms with Crippen LogP contribution in [-0.2, 0) is 7.05 Å². The van der Waals surface area contributed by atoms with Gasteiger partial charge in [0.25, 0.3) is 5.56 Å². The van der Waals surface area contributed by atoms with E-state index in [9.17, 15) is 4.79 Å². The zero-order valence-electron chi connectivity index (χ0n) is 11.5. The average Bonchev–Trinajstić information content (AvgIpc) is 2.88. The van der Waals surface area contributed by atoms with Crippen molar-refractivity contribution in [3.63, 3.8) is 0 Å². The van der Waals surface area contributed by atoms with E-state index in [1.54, 1.807) is 0 Å². The van der Waals surface area contributed by atoms with Crippen molar-refractivity contribution in [2.45, 2.75) is 0 Å². The fourth-order valence-electron chi connectivity index (χ4n) is 2.82. The molecular weight excluding hydrogens is 264 g/mol. The van der Waals surface area contributed by atoms with Gasteiger partial charge in [0.15, 0.2) is 0 Å². The largest absolute Gasteiger partial charge is 0.321 e. The van der Waals surface area contributed by atoms with Crippen LogP contribution in [0.5, 0.6) is 0 Å². The average molecular weight is 278 g/mol. The van der Waals surface area contributed by atoms with Crippen LogP contribution in [0.15, 0.2) is 53.3 Å². The number of nitrogens with one attached hydrogen (secondary N) is 3. The molecule has 2 aromatic carbocycles. The number of hydrogen-bond acceptors (Lipinski definition) is 1. The fourth-order valence-corrected chi connectivity index (χ4v) is 2.82. The number of aryl methyl sites for hydroxylation is 1. The number of aromatic amines is 3. The van der Waals surface area contributed by atoms with Crippen LogP contribution in [0, 0.1) is 10.7 Å². The molecule has 0 atom stereocenters. The van der Waals surface area contributed by atoms with Crippen LogP contribution in [0.25, 0.3) is 21.7 Å². The van der Waals surface area contributed by atoms with Gasteiger partial charge in [-0.15, -0.1) is 0 Å². The molecule has 2 aliphatic rings. The Hall–Kier alpha value is -2.95. The van der Waals surface area contributed by atoms with E-state index in [1.165, 1.54) is 0 Å². The third kappa shape index (κ3) is 1.67. The molecule has 0 aromatic heterocycles. The van der Waals surface area contributed by atoms with Crippen LogP contribution >= 0.6 is 0 Å². The summed E-state index contributed by atoms with van der Waals surface area (Å²) < 4.78 is 1.92. The van der Waals surface area contributed by atoms with Crippen molar-refractivity contribution in [3.8, 4) is 0 Å². The molecule has 0 bridgehead atoms. The van der Waals surface area contributed by atoms with E-state index in [1.807, 2.05) is 60.3 Å². The van der Waals surface area contributed by atoms with Gasteiger partial charge in [-0.2, -0.15) is 0 Å². The molecule has 2 heterocycles. The number of fused-ring (bicyclic) bond motifs is 4. The van der Waals surface area contributed by atoms with E-state index < -0.39 is 0 Å². The minimum absolute atomic E-state index is 0.0963. The molecule has 0 saturated carbocycles. The van der Waals surface area contributed by atoms with E-state index in [4.69, 9.17) is 0 Å². The van der Waals surface area contributed by atoms with E-state index in [0.29, 0.717) is 5.39 Å². The highest BCUT2D eigenvalue weighted by atomic mass is 16.1. The van der Waals surface area contributed by atoms with E-state index in [2.05, 4.69) is 15.3 Å². The lowest BCUT2D eigenvalue weighted by Crippen LogP contribution is -2.04. The van der Waals surface area contributed by atoms with Gasteiger partial charge in [-0.3, -0.25) is 14.6 Å². The molecule has 4 rings (SSSR count). The molecule has 0 saturated heterocycles. The molecule has 5 nitrogen and oxygen atoms in total. The Bertz CT molecular complexity index is 1120. The fraction of sp³-hybridized carbons (Fsp3) is 0.0625. The lowest BCUT2D eigenvalue weighted by molar-refractivity contribution is 0.699. The number of H-pyrrole nitrogens is 3. The molecule has 2 aliphatic heterocycles. The first-order chi connectivity index (χ1) is 10.3. The molecule has 0 radical (unpaired) electrons. The van der Waals surface area contributed by atoms with Crippen LogP contribution in [0.1, 0.15) is 0 Å². The van der Waals surface area contributed by atoms with Crippen LogP contribution in [0.4, 0.5) is 0 Å². The molecule has 21 heavy (non-hydrogen) atoms. The number of hydrogen-bond donors (Lipinski definition) is 3. The highest BCUT2D eigenvalue weighted by Crippen LogP contribution is 2.15. The van der Waals surface area contributed by atoms with Gasteiger partial charge < -0.3 is 4.98 Å². The van der Waals surface area contributed by atoms with Crippen molar-refractivity contribution in [3.05, 3.63) is 69.6 Å². The van der Waals surface area contributed by atoms with Crippen molar-refractivity contribution < 1.29 is 0 Å². The Morgan fingerprint density at radius 2 is 1.57 bits per heavy atom. The Kier molecular flexibility index (Phi) is 2.41. The molecule has 104 valence electrons. The molecule has 3 N–H and O–H groups in total. The maximum atomic E-state index is 12.5. The predicted octanol–water partition coefficient (Wildman–Crippen LogP) is 2.53. The highest BCUT2D eigenvalue weighted by molar-refractivity contribution is 5.85. The predicted molar refractivity (Wildman–Crippen MR) is 82.7 cm³/mol. The van der Waals surface area contributed by atoms with Crippen molar-refractivity contribution in [1.82, 2.24) is 20.0 Å². The third-order valence-corrected chi connectivity index (χ3v) is 3.79. The van der Waals surface area contributed by atoms with Gasteiger partial charge in [0.05, 0.1) is 16.2 Å². The van der Waals surface area contributed by atoms with E-state index in [0.717, 1.165) is 27.0 Å². The standard InChI is InChI=1S/C16H14N4O/c1-20-15-12-8-4-5-9-13(12)17-16(21)11-7-3-2-6-10(11)14(15)18-19-20/h2-9,18-19H,1H3,(H,17,21). The summed E-state index contributed by atoms with van der Waals surface area (Å²) in [6, 6.07) is 15.4. The second-order valence-electron chi connectivity index (χ2n) is 5.06. The molecular formula is C16H14N4O. The maximum Gasteiger partial charge on any atom is 0.256 e. The highest BCUT2D eigenvalue weighted by Gasteiger charge is 2.05. The molecule has 0 aliphatic carbocycles. The molecule has 0 spiro atoms. The summed E-state index contributed by atoms with van der Waals surface area (Å²) in [7, 11) is 1.94.